The van der Waals surface area contributed by atoms with E-state index in [-0.39, 0.29) is 11.8 Å². The van der Waals surface area contributed by atoms with Crippen molar-refractivity contribution < 1.29 is 48.2 Å². The normalized spacial score (nSPS) is 13.6. The summed E-state index contributed by atoms with van der Waals surface area (Å²) >= 11 is 2.31. The summed E-state index contributed by atoms with van der Waals surface area (Å²) in [5, 5.41) is 0. The second-order valence-electron chi connectivity index (χ2n) is 7.12. The zero-order valence-electron chi connectivity index (χ0n) is 18.8. The van der Waals surface area contributed by atoms with Gasteiger partial charge in [-0.2, -0.15) is 36.4 Å². The third kappa shape index (κ3) is 6.66. The van der Waals surface area contributed by atoms with Crippen molar-refractivity contribution in [3.05, 3.63) is 115 Å². The third-order valence-corrected chi connectivity index (χ3v) is 4.84. The van der Waals surface area contributed by atoms with E-state index in [1.165, 1.54) is 48.6 Å². The van der Waals surface area contributed by atoms with Gasteiger partial charge in [0.05, 0.1) is 11.3 Å². The van der Waals surface area contributed by atoms with E-state index in [0.29, 0.717) is 22.7 Å². The molecule has 10 heteroatoms. The van der Waals surface area contributed by atoms with E-state index in [4.69, 9.17) is 8.60 Å². The number of amides is 4. The van der Waals surface area contributed by atoms with Crippen LogP contribution in [0.1, 0.15) is 10.4 Å². The van der Waals surface area contributed by atoms with Crippen LogP contribution in [0.5, 0.6) is 5.75 Å². The van der Waals surface area contributed by atoms with E-state index in [1.54, 1.807) is 48.5 Å². The molecule has 0 N–H and O–H groups in total. The van der Waals surface area contributed by atoms with Gasteiger partial charge < -0.3 is 4.74 Å². The van der Waals surface area contributed by atoms with Gasteiger partial charge in [0.2, 0.25) is 0 Å². The molecule has 0 spiro atoms. The Bertz CT molecular complexity index is 1330. The van der Waals surface area contributed by atoms with Crippen molar-refractivity contribution in [1.82, 2.24) is 0 Å². The number of hydrogen-bond donors (Lipinski definition) is 0. The number of esters is 1. The zero-order chi connectivity index (χ0) is 26.8. The van der Waals surface area contributed by atoms with Crippen LogP contribution in [0.4, 0.5) is 11.4 Å². The van der Waals surface area contributed by atoms with E-state index < -0.39 is 17.8 Å². The third-order valence-electron chi connectivity index (χ3n) is 4.84. The topological polar surface area (TPSA) is 118 Å². The predicted octanol–water partition coefficient (Wildman–Crippen LogP) is 2.93. The number of imide groups is 2. The molecule has 187 valence electrons. The monoisotopic (exact) mass is 539 g/mol. The van der Waals surface area contributed by atoms with Crippen molar-refractivity contribution in [2.75, 3.05) is 9.80 Å². The van der Waals surface area contributed by atoms with Gasteiger partial charge in [-0.3, -0.25) is 24.1 Å². The first-order chi connectivity index (χ1) is 17.9. The number of benzene rings is 3. The molecule has 0 radical (unpaired) electrons. The fourth-order valence-electron chi connectivity index (χ4n) is 3.19. The summed E-state index contributed by atoms with van der Waals surface area (Å²) in [6.07, 6.45) is 4.94. The van der Waals surface area contributed by atoms with Crippen LogP contribution in [0.2, 0.25) is 0 Å². The van der Waals surface area contributed by atoms with Crippen LogP contribution in [0.25, 0.3) is 0 Å². The van der Waals surface area contributed by atoms with E-state index in [2.05, 4.69) is 27.8 Å². The molecule has 0 atom stereocenters. The molecule has 37 heavy (non-hydrogen) atoms. The average Bonchev–Trinajstić information content (AvgIpc) is 3.46. The fourth-order valence-corrected chi connectivity index (χ4v) is 3.19. The van der Waals surface area contributed by atoms with Gasteiger partial charge in [-0.25, -0.2) is 9.69 Å². The molecule has 0 aromatic heterocycles. The van der Waals surface area contributed by atoms with Gasteiger partial charge in [0.25, 0.3) is 23.6 Å². The molecule has 0 bridgehead atoms. The van der Waals surface area contributed by atoms with Gasteiger partial charge in [0.1, 0.15) is 0 Å². The van der Waals surface area contributed by atoms with Crippen LogP contribution in [-0.4, -0.2) is 29.6 Å². The summed E-state index contributed by atoms with van der Waals surface area (Å²) in [4.78, 5) is 59.7. The number of carbonyl (C=O) groups excluding carboxylic acids is 5. The first-order valence-corrected chi connectivity index (χ1v) is 10.9. The van der Waals surface area contributed by atoms with Crippen molar-refractivity contribution in [2.45, 2.75) is 0 Å². The van der Waals surface area contributed by atoms with Gasteiger partial charge in [-0.05, 0) is 24.3 Å². The van der Waals surface area contributed by atoms with E-state index in [9.17, 15) is 24.0 Å². The summed E-state index contributed by atoms with van der Waals surface area (Å²) in [5.41, 5.74) is 1.31. The number of hydrogen-bond acceptors (Lipinski definition) is 7. The van der Waals surface area contributed by atoms with Gasteiger partial charge in [0.15, 0.2) is 0 Å². The Morgan fingerprint density at radius 2 is 0.973 bits per heavy atom. The SMILES string of the molecule is O=C(Oc1cc[c-]cc1)c1ccc(N2C(=O)C=CC2=O)cc1.O=C1C=CC(=O)N1c1cc[c-]cc1.[O]=[Co]. The van der Waals surface area contributed by atoms with Crippen molar-refractivity contribution in [1.29, 1.82) is 0 Å². The summed E-state index contributed by atoms with van der Waals surface area (Å²) in [5.74, 6) is -1.49. The molecule has 4 amide bonds. The number of ether oxygens (including phenoxy) is 1. The van der Waals surface area contributed by atoms with Crippen LogP contribution in [0.15, 0.2) is 97.1 Å². The Hall–Kier alpha value is -4.80. The Labute approximate surface area is 219 Å². The molecule has 0 saturated heterocycles. The second kappa shape index (κ2) is 12.8. The predicted molar refractivity (Wildman–Crippen MR) is 126 cm³/mol. The Balaban J connectivity index is 0.000000216. The minimum absolute atomic E-state index is 0.295. The molecule has 2 aliphatic heterocycles. The van der Waals surface area contributed by atoms with Gasteiger partial charge in [-0.1, -0.05) is 5.69 Å². The van der Waals surface area contributed by atoms with Gasteiger partial charge in [-0.15, -0.1) is 24.3 Å². The number of rotatable bonds is 4. The Morgan fingerprint density at radius 3 is 1.41 bits per heavy atom. The van der Waals surface area contributed by atoms with Gasteiger partial charge in [0, 0.05) is 30.1 Å². The standard InChI is InChI=1S/C17H10NO4.C10H6NO2.Co.O/c19-15-10-11-16(20)18(15)13-8-6-12(7-9-13)17(21)22-14-4-2-1-3-5-14;12-9-6-7-10(13)11(9)8-4-2-1-3-5-8;;/h2-11H;2-7H;;/q2*-1;;. The van der Waals surface area contributed by atoms with Crippen LogP contribution in [0, 0.1) is 12.1 Å². The maximum absolute atomic E-state index is 12.0. The fraction of sp³-hybridized carbons (Fsp3) is 0. The van der Waals surface area contributed by atoms with Crippen LogP contribution >= 0.6 is 0 Å². The number of nitrogens with zero attached hydrogens (tertiary/aromatic N) is 2. The van der Waals surface area contributed by atoms with Crippen LogP contribution in [-0.2, 0) is 38.7 Å². The maximum atomic E-state index is 12.0. The number of carbonyl (C=O) groups is 5. The molecular weight excluding hydrogens is 523 g/mol. The second-order valence-corrected chi connectivity index (χ2v) is 7.12. The molecule has 2 heterocycles. The molecule has 0 fully saturated rings. The minimum atomic E-state index is -0.519. The molecule has 0 unspecified atom stereocenters. The molecule has 2 aliphatic rings. The molecule has 3 aromatic carbocycles. The molecule has 0 aliphatic carbocycles. The molecule has 5 rings (SSSR count). The number of anilines is 2. The first kappa shape index (κ1) is 26.8. The average molecular weight is 539 g/mol. The zero-order valence-corrected chi connectivity index (χ0v) is 19.9. The van der Waals surface area contributed by atoms with E-state index >= 15 is 0 Å². The van der Waals surface area contributed by atoms with Crippen molar-refractivity contribution in [2.24, 2.45) is 0 Å². The van der Waals surface area contributed by atoms with E-state index in [1.807, 2.05) is 0 Å². The van der Waals surface area contributed by atoms with Crippen molar-refractivity contribution >= 4 is 41.0 Å². The van der Waals surface area contributed by atoms with Gasteiger partial charge >= 0.3 is 25.5 Å². The quantitative estimate of drug-likeness (QED) is 0.217. The van der Waals surface area contributed by atoms with Crippen molar-refractivity contribution in [3.63, 3.8) is 0 Å². The molecule has 3 aromatic rings. The van der Waals surface area contributed by atoms with E-state index in [0.717, 1.165) is 9.80 Å². The molecular formula is C27H16CoN2O7-2. The summed E-state index contributed by atoms with van der Waals surface area (Å²) in [6.45, 7) is 0. The Kier molecular flexibility index (Phi) is 9.25. The Morgan fingerprint density at radius 1 is 0.595 bits per heavy atom. The first-order valence-electron chi connectivity index (χ1n) is 10.4. The summed E-state index contributed by atoms with van der Waals surface area (Å²) in [6, 6.07) is 24.9. The molecule has 0 saturated carbocycles. The van der Waals surface area contributed by atoms with Crippen LogP contribution < -0.4 is 14.5 Å². The molecule has 9 nitrogen and oxygen atoms in total. The summed E-state index contributed by atoms with van der Waals surface area (Å²) < 4.78 is 13.1. The van der Waals surface area contributed by atoms with Crippen LogP contribution in [0.3, 0.4) is 0 Å². The summed E-state index contributed by atoms with van der Waals surface area (Å²) in [7, 11) is 0. The van der Waals surface area contributed by atoms with Crippen molar-refractivity contribution in [3.8, 4) is 5.75 Å².